The third kappa shape index (κ3) is 5.74. The average Bonchev–Trinajstić information content (AvgIpc) is 3.30. The standard InChI is InChI=1S/C49H42N4/c1-47(2)42-29-40(34-22-20-32(31-50)21-23-34)41(30-43(42)48(3,4)49(47,5)6)35-24-26-37(27-25-35)45-51-44(36-16-11-8-12-17-36)52-46(53-45)39-19-13-18-38(28-39)33-14-9-7-10-15-33/h7-30H,1-6H3. The van der Waals surface area contributed by atoms with Crippen LogP contribution in [-0.2, 0) is 10.8 Å². The Kier molecular flexibility index (Phi) is 8.19. The van der Waals surface area contributed by atoms with Gasteiger partial charge in [0.05, 0.1) is 11.6 Å². The monoisotopic (exact) mass is 686 g/mol. The maximum Gasteiger partial charge on any atom is 0.164 e. The molecule has 0 saturated carbocycles. The van der Waals surface area contributed by atoms with E-state index in [2.05, 4.69) is 145 Å². The van der Waals surface area contributed by atoms with E-state index in [1.807, 2.05) is 48.5 Å². The Morgan fingerprint density at radius 3 is 1.30 bits per heavy atom. The minimum atomic E-state index is -0.0450. The first-order chi connectivity index (χ1) is 25.5. The Morgan fingerprint density at radius 2 is 0.792 bits per heavy atom. The van der Waals surface area contributed by atoms with Crippen LogP contribution in [0.3, 0.4) is 0 Å². The number of nitrogens with zero attached hydrogens (tertiary/aromatic N) is 4. The van der Waals surface area contributed by atoms with Crippen molar-refractivity contribution in [3.05, 3.63) is 162 Å². The molecule has 8 rings (SSSR count). The largest absolute Gasteiger partial charge is 0.208 e. The highest BCUT2D eigenvalue weighted by Crippen LogP contribution is 2.62. The molecular formula is C49H42N4. The van der Waals surface area contributed by atoms with Crippen molar-refractivity contribution in [2.75, 3.05) is 0 Å². The van der Waals surface area contributed by atoms with Crippen molar-refractivity contribution >= 4 is 0 Å². The molecule has 0 radical (unpaired) electrons. The number of nitriles is 1. The molecule has 0 N–H and O–H groups in total. The molecule has 0 atom stereocenters. The summed E-state index contributed by atoms with van der Waals surface area (Å²) >= 11 is 0. The van der Waals surface area contributed by atoms with Crippen molar-refractivity contribution in [2.45, 2.75) is 52.4 Å². The third-order valence-electron chi connectivity index (χ3n) is 12.3. The van der Waals surface area contributed by atoms with Gasteiger partial charge >= 0.3 is 0 Å². The van der Waals surface area contributed by atoms with Crippen LogP contribution in [-0.4, -0.2) is 15.0 Å². The van der Waals surface area contributed by atoms with Crippen LogP contribution in [0.1, 0.15) is 58.2 Å². The molecule has 4 nitrogen and oxygen atoms in total. The molecule has 0 saturated heterocycles. The minimum Gasteiger partial charge on any atom is -0.208 e. The highest BCUT2D eigenvalue weighted by molar-refractivity contribution is 5.87. The second-order valence-corrected chi connectivity index (χ2v) is 15.7. The van der Waals surface area contributed by atoms with Gasteiger partial charge in [0.25, 0.3) is 0 Å². The average molecular weight is 687 g/mol. The van der Waals surface area contributed by atoms with E-state index in [-0.39, 0.29) is 16.2 Å². The number of fused-ring (bicyclic) bond motifs is 1. The lowest BCUT2D eigenvalue weighted by Crippen LogP contribution is -2.42. The molecule has 258 valence electrons. The fourth-order valence-corrected chi connectivity index (χ4v) is 7.91. The molecule has 0 spiro atoms. The fourth-order valence-electron chi connectivity index (χ4n) is 7.91. The van der Waals surface area contributed by atoms with Crippen LogP contribution in [0.2, 0.25) is 0 Å². The molecule has 6 aromatic carbocycles. The zero-order valence-electron chi connectivity index (χ0n) is 31.1. The van der Waals surface area contributed by atoms with Crippen molar-refractivity contribution in [3.63, 3.8) is 0 Å². The van der Waals surface area contributed by atoms with Gasteiger partial charge < -0.3 is 0 Å². The smallest absolute Gasteiger partial charge is 0.164 e. The van der Waals surface area contributed by atoms with Crippen LogP contribution in [0, 0.1) is 16.7 Å². The molecular weight excluding hydrogens is 645 g/mol. The summed E-state index contributed by atoms with van der Waals surface area (Å²) in [4.78, 5) is 15.1. The second kappa shape index (κ2) is 12.8. The molecule has 0 bridgehead atoms. The van der Waals surface area contributed by atoms with E-state index in [1.165, 1.54) is 16.7 Å². The summed E-state index contributed by atoms with van der Waals surface area (Å²) in [6.45, 7) is 14.3. The van der Waals surface area contributed by atoms with Crippen LogP contribution in [0.15, 0.2) is 146 Å². The zero-order chi connectivity index (χ0) is 37.0. The summed E-state index contributed by atoms with van der Waals surface area (Å²) in [6, 6.07) is 52.5. The molecule has 1 aliphatic rings. The van der Waals surface area contributed by atoms with Crippen LogP contribution in [0.5, 0.6) is 0 Å². The topological polar surface area (TPSA) is 62.5 Å². The number of rotatable bonds is 6. The van der Waals surface area contributed by atoms with Gasteiger partial charge in [-0.2, -0.15) is 5.26 Å². The molecule has 1 aromatic heterocycles. The van der Waals surface area contributed by atoms with E-state index in [4.69, 9.17) is 15.0 Å². The minimum absolute atomic E-state index is 0.0280. The van der Waals surface area contributed by atoms with Crippen molar-refractivity contribution in [1.82, 2.24) is 15.0 Å². The van der Waals surface area contributed by atoms with Crippen LogP contribution in [0.25, 0.3) is 67.5 Å². The van der Waals surface area contributed by atoms with E-state index in [1.54, 1.807) is 0 Å². The highest BCUT2D eigenvalue weighted by atomic mass is 15.0. The van der Waals surface area contributed by atoms with Gasteiger partial charge in [0.15, 0.2) is 17.5 Å². The van der Waals surface area contributed by atoms with Gasteiger partial charge in [-0.25, -0.2) is 15.0 Å². The van der Waals surface area contributed by atoms with Crippen molar-refractivity contribution in [1.29, 1.82) is 5.26 Å². The van der Waals surface area contributed by atoms with E-state index in [0.29, 0.717) is 23.0 Å². The number of hydrogen-bond acceptors (Lipinski definition) is 4. The van der Waals surface area contributed by atoms with Gasteiger partial charge in [-0.15, -0.1) is 0 Å². The molecule has 53 heavy (non-hydrogen) atoms. The van der Waals surface area contributed by atoms with Gasteiger partial charge in [-0.05, 0) is 91.1 Å². The maximum absolute atomic E-state index is 9.52. The lowest BCUT2D eigenvalue weighted by molar-refractivity contribution is 0.125. The molecule has 1 heterocycles. The predicted octanol–water partition coefficient (Wildman–Crippen LogP) is 12.3. The summed E-state index contributed by atoms with van der Waals surface area (Å²) in [7, 11) is 0. The molecule has 7 aromatic rings. The zero-order valence-corrected chi connectivity index (χ0v) is 31.1. The SMILES string of the molecule is CC1(C)c2cc(-c3ccc(C#N)cc3)c(-c3ccc(-c4nc(-c5ccccc5)nc(-c5cccc(-c6ccccc6)c5)n4)cc3)cc2C(C)(C)C1(C)C. The van der Waals surface area contributed by atoms with Crippen LogP contribution < -0.4 is 0 Å². The van der Waals surface area contributed by atoms with Crippen molar-refractivity contribution < 1.29 is 0 Å². The third-order valence-corrected chi connectivity index (χ3v) is 12.3. The van der Waals surface area contributed by atoms with E-state index in [9.17, 15) is 5.26 Å². The lowest BCUT2D eigenvalue weighted by atomic mass is 9.59. The van der Waals surface area contributed by atoms with Crippen molar-refractivity contribution in [2.24, 2.45) is 5.41 Å². The quantitative estimate of drug-likeness (QED) is 0.175. The summed E-state index contributed by atoms with van der Waals surface area (Å²) in [5.41, 5.74) is 12.9. The number of hydrogen-bond donors (Lipinski definition) is 0. The van der Waals surface area contributed by atoms with Gasteiger partial charge in [0.1, 0.15) is 0 Å². The normalized spacial score (nSPS) is 15.0. The second-order valence-electron chi connectivity index (χ2n) is 15.7. The van der Waals surface area contributed by atoms with Gasteiger partial charge in [-0.1, -0.05) is 157 Å². The van der Waals surface area contributed by atoms with E-state index >= 15 is 0 Å². The van der Waals surface area contributed by atoms with Crippen molar-refractivity contribution in [3.8, 4) is 73.6 Å². The first-order valence-electron chi connectivity index (χ1n) is 18.3. The van der Waals surface area contributed by atoms with E-state index in [0.717, 1.165) is 44.5 Å². The summed E-state index contributed by atoms with van der Waals surface area (Å²) in [6.07, 6.45) is 0. The first kappa shape index (κ1) is 33.9. The summed E-state index contributed by atoms with van der Waals surface area (Å²) in [5, 5.41) is 9.52. The molecule has 0 unspecified atom stereocenters. The molecule has 0 fully saturated rings. The summed E-state index contributed by atoms with van der Waals surface area (Å²) < 4.78 is 0. The van der Waals surface area contributed by atoms with Gasteiger partial charge in [-0.3, -0.25) is 0 Å². The predicted molar refractivity (Wildman–Crippen MR) is 217 cm³/mol. The fraction of sp³-hybridized carbons (Fsp3) is 0.184. The van der Waals surface area contributed by atoms with Crippen LogP contribution in [0.4, 0.5) is 0 Å². The highest BCUT2D eigenvalue weighted by Gasteiger charge is 2.57. The molecule has 1 aliphatic carbocycles. The molecule has 0 amide bonds. The molecule has 4 heteroatoms. The first-order valence-corrected chi connectivity index (χ1v) is 18.3. The number of benzene rings is 6. The Morgan fingerprint density at radius 1 is 0.396 bits per heavy atom. The number of aromatic nitrogens is 3. The Bertz CT molecular complexity index is 2510. The maximum atomic E-state index is 9.52. The van der Waals surface area contributed by atoms with E-state index < -0.39 is 0 Å². The summed E-state index contributed by atoms with van der Waals surface area (Å²) in [5.74, 6) is 1.88. The lowest BCUT2D eigenvalue weighted by Gasteiger charge is -2.44. The Labute approximate surface area is 312 Å². The Balaban J connectivity index is 1.25. The Hall–Kier alpha value is -6.18. The molecule has 0 aliphatic heterocycles. The van der Waals surface area contributed by atoms with Gasteiger partial charge in [0, 0.05) is 16.7 Å². The van der Waals surface area contributed by atoms with Crippen LogP contribution >= 0.6 is 0 Å². The van der Waals surface area contributed by atoms with Gasteiger partial charge in [0.2, 0.25) is 0 Å².